The van der Waals surface area contributed by atoms with E-state index in [4.69, 9.17) is 4.52 Å². The number of aromatic nitrogens is 3. The summed E-state index contributed by atoms with van der Waals surface area (Å²) < 4.78 is 5.34. The molecule has 0 N–H and O–H groups in total. The van der Waals surface area contributed by atoms with Crippen LogP contribution in [0.1, 0.15) is 36.6 Å². The van der Waals surface area contributed by atoms with E-state index in [9.17, 15) is 4.79 Å². The van der Waals surface area contributed by atoms with Crippen LogP contribution in [0.15, 0.2) is 53.2 Å². The molecule has 2 aromatic heterocycles. The molecule has 1 saturated carbocycles. The summed E-state index contributed by atoms with van der Waals surface area (Å²) in [4.78, 5) is 25.8. The van der Waals surface area contributed by atoms with Crippen molar-refractivity contribution in [2.45, 2.75) is 31.6 Å². The third-order valence-electron chi connectivity index (χ3n) is 5.80. The van der Waals surface area contributed by atoms with Gasteiger partial charge in [-0.1, -0.05) is 35.5 Å². The number of carbonyl (C=O) groups excluding carboxylic acids is 1. The lowest BCUT2D eigenvalue weighted by atomic mass is 10.1. The maximum atomic E-state index is 12.5. The molecule has 154 valence electrons. The van der Waals surface area contributed by atoms with Crippen molar-refractivity contribution in [3.63, 3.8) is 0 Å². The smallest absolute Gasteiger partial charge is 0.230 e. The van der Waals surface area contributed by atoms with Crippen LogP contribution in [0.4, 0.5) is 5.82 Å². The molecule has 7 nitrogen and oxygen atoms in total. The predicted molar refractivity (Wildman–Crippen MR) is 113 cm³/mol. The molecule has 1 aromatic carbocycles. The molecule has 1 saturated heterocycles. The Hall–Kier alpha value is -3.22. The topological polar surface area (TPSA) is 75.4 Å². The quantitative estimate of drug-likeness (QED) is 0.629. The zero-order valence-corrected chi connectivity index (χ0v) is 16.9. The van der Waals surface area contributed by atoms with Gasteiger partial charge in [0.05, 0.1) is 0 Å². The SMILES string of the molecule is O=C(CCc1ccccc1)N1CCN(c2ccc(-c3noc(C4CC4)n3)cn2)CC1. The van der Waals surface area contributed by atoms with E-state index in [1.165, 1.54) is 5.56 Å². The first-order valence-corrected chi connectivity index (χ1v) is 10.6. The van der Waals surface area contributed by atoms with Crippen LogP contribution < -0.4 is 4.90 Å². The lowest BCUT2D eigenvalue weighted by molar-refractivity contribution is -0.131. The number of nitrogens with zero attached hydrogens (tertiary/aromatic N) is 5. The fourth-order valence-corrected chi connectivity index (χ4v) is 3.79. The van der Waals surface area contributed by atoms with E-state index in [1.807, 2.05) is 35.2 Å². The van der Waals surface area contributed by atoms with Crippen molar-refractivity contribution < 1.29 is 9.32 Å². The molecule has 0 bridgehead atoms. The van der Waals surface area contributed by atoms with Gasteiger partial charge in [0.25, 0.3) is 0 Å². The summed E-state index contributed by atoms with van der Waals surface area (Å²) in [5.74, 6) is 2.93. The Morgan fingerprint density at radius 2 is 1.83 bits per heavy atom. The van der Waals surface area contributed by atoms with Gasteiger partial charge in [-0.25, -0.2) is 4.98 Å². The van der Waals surface area contributed by atoms with Crippen LogP contribution in [-0.2, 0) is 11.2 Å². The van der Waals surface area contributed by atoms with Gasteiger partial charge in [-0.15, -0.1) is 0 Å². The van der Waals surface area contributed by atoms with Crippen LogP contribution in [0.25, 0.3) is 11.4 Å². The minimum Gasteiger partial charge on any atom is -0.353 e. The molecule has 3 heterocycles. The Labute approximate surface area is 175 Å². The summed E-state index contributed by atoms with van der Waals surface area (Å²) >= 11 is 0. The van der Waals surface area contributed by atoms with Gasteiger partial charge < -0.3 is 14.3 Å². The molecule has 5 rings (SSSR count). The molecule has 0 atom stereocenters. The molecule has 0 unspecified atom stereocenters. The van der Waals surface area contributed by atoms with Crippen LogP contribution >= 0.6 is 0 Å². The number of anilines is 1. The molecule has 3 aromatic rings. The van der Waals surface area contributed by atoms with Crippen molar-refractivity contribution in [3.8, 4) is 11.4 Å². The van der Waals surface area contributed by atoms with Crippen molar-refractivity contribution >= 4 is 11.7 Å². The molecule has 0 spiro atoms. The fourth-order valence-electron chi connectivity index (χ4n) is 3.79. The summed E-state index contributed by atoms with van der Waals surface area (Å²) in [5.41, 5.74) is 2.07. The number of benzene rings is 1. The molecule has 2 aliphatic rings. The average Bonchev–Trinajstić information content (AvgIpc) is 3.55. The molecule has 1 amide bonds. The number of amides is 1. The Morgan fingerprint density at radius 3 is 2.53 bits per heavy atom. The molecular formula is C23H25N5O2. The second-order valence-electron chi connectivity index (χ2n) is 7.99. The lowest BCUT2D eigenvalue weighted by Gasteiger charge is -2.35. The standard InChI is InChI=1S/C23H25N5O2/c29-21(11-6-17-4-2-1-3-5-17)28-14-12-27(13-15-28)20-10-9-19(16-24-20)22-25-23(30-26-22)18-7-8-18/h1-5,9-10,16,18H,6-8,11-15H2. The fraction of sp³-hybridized carbons (Fsp3) is 0.391. The lowest BCUT2D eigenvalue weighted by Crippen LogP contribution is -2.49. The van der Waals surface area contributed by atoms with Crippen molar-refractivity contribution in [2.75, 3.05) is 31.1 Å². The van der Waals surface area contributed by atoms with E-state index in [2.05, 4.69) is 32.2 Å². The first-order chi connectivity index (χ1) is 14.8. The van der Waals surface area contributed by atoms with Crippen LogP contribution in [0.3, 0.4) is 0 Å². The maximum absolute atomic E-state index is 12.5. The summed E-state index contributed by atoms with van der Waals surface area (Å²) in [6.45, 7) is 3.04. The molecular weight excluding hydrogens is 378 g/mol. The van der Waals surface area contributed by atoms with Gasteiger partial charge in [0.2, 0.25) is 17.6 Å². The Morgan fingerprint density at radius 1 is 1.03 bits per heavy atom. The van der Waals surface area contributed by atoms with Crippen LogP contribution in [0.2, 0.25) is 0 Å². The van der Waals surface area contributed by atoms with Gasteiger partial charge in [-0.3, -0.25) is 4.79 Å². The number of rotatable bonds is 6. The third kappa shape index (κ3) is 4.20. The van der Waals surface area contributed by atoms with Gasteiger partial charge in [0.1, 0.15) is 5.82 Å². The Balaban J connectivity index is 1.14. The monoisotopic (exact) mass is 403 g/mol. The minimum absolute atomic E-state index is 0.227. The zero-order valence-electron chi connectivity index (χ0n) is 16.9. The number of aryl methyl sites for hydroxylation is 1. The second-order valence-corrected chi connectivity index (χ2v) is 7.99. The normalized spacial score (nSPS) is 16.7. The van der Waals surface area contributed by atoms with E-state index in [1.54, 1.807) is 6.20 Å². The first kappa shape index (κ1) is 18.8. The van der Waals surface area contributed by atoms with Gasteiger partial charge in [-0.2, -0.15) is 4.98 Å². The largest absolute Gasteiger partial charge is 0.353 e. The minimum atomic E-state index is 0.227. The summed E-state index contributed by atoms with van der Waals surface area (Å²) in [5, 5.41) is 4.07. The Bertz CT molecular complexity index is 990. The van der Waals surface area contributed by atoms with E-state index < -0.39 is 0 Å². The summed E-state index contributed by atoms with van der Waals surface area (Å²) in [7, 11) is 0. The van der Waals surface area contributed by atoms with Crippen LogP contribution in [0, 0.1) is 0 Å². The number of pyridine rings is 1. The predicted octanol–water partition coefficient (Wildman–Crippen LogP) is 3.29. The van der Waals surface area contributed by atoms with Gasteiger partial charge in [-0.05, 0) is 37.0 Å². The highest BCUT2D eigenvalue weighted by molar-refractivity contribution is 5.76. The summed E-state index contributed by atoms with van der Waals surface area (Å²) in [6, 6.07) is 14.2. The number of hydrogen-bond donors (Lipinski definition) is 0. The molecule has 7 heteroatoms. The van der Waals surface area contributed by atoms with Gasteiger partial charge in [0, 0.05) is 50.3 Å². The number of carbonyl (C=O) groups is 1. The molecule has 0 radical (unpaired) electrons. The highest BCUT2D eigenvalue weighted by Crippen LogP contribution is 2.39. The zero-order chi connectivity index (χ0) is 20.3. The van der Waals surface area contributed by atoms with E-state index in [0.29, 0.717) is 18.2 Å². The van der Waals surface area contributed by atoms with Gasteiger partial charge in [0.15, 0.2) is 0 Å². The molecule has 1 aliphatic heterocycles. The van der Waals surface area contributed by atoms with Crippen molar-refractivity contribution in [3.05, 3.63) is 60.1 Å². The van der Waals surface area contributed by atoms with E-state index in [-0.39, 0.29) is 5.91 Å². The second kappa shape index (κ2) is 8.26. The van der Waals surface area contributed by atoms with E-state index >= 15 is 0 Å². The van der Waals surface area contributed by atoms with E-state index in [0.717, 1.165) is 62.7 Å². The average molecular weight is 403 g/mol. The highest BCUT2D eigenvalue weighted by atomic mass is 16.5. The summed E-state index contributed by atoms with van der Waals surface area (Å²) in [6.07, 6.45) is 5.43. The van der Waals surface area contributed by atoms with Crippen molar-refractivity contribution in [1.82, 2.24) is 20.0 Å². The van der Waals surface area contributed by atoms with Crippen molar-refractivity contribution in [2.24, 2.45) is 0 Å². The van der Waals surface area contributed by atoms with Crippen molar-refractivity contribution in [1.29, 1.82) is 0 Å². The van der Waals surface area contributed by atoms with Crippen LogP contribution in [-0.4, -0.2) is 52.1 Å². The third-order valence-corrected chi connectivity index (χ3v) is 5.80. The molecule has 2 fully saturated rings. The number of hydrogen-bond acceptors (Lipinski definition) is 6. The molecule has 30 heavy (non-hydrogen) atoms. The van der Waals surface area contributed by atoms with Crippen LogP contribution in [0.5, 0.6) is 0 Å². The number of piperazine rings is 1. The Kier molecular flexibility index (Phi) is 5.17. The molecule has 1 aliphatic carbocycles. The first-order valence-electron chi connectivity index (χ1n) is 10.6. The highest BCUT2D eigenvalue weighted by Gasteiger charge is 2.30. The van der Waals surface area contributed by atoms with Gasteiger partial charge >= 0.3 is 0 Å². The maximum Gasteiger partial charge on any atom is 0.230 e.